The number of hydrogen-bond acceptors (Lipinski definition) is 3. The number of nitro benzene ring substituents is 1. The first-order chi connectivity index (χ1) is 9.01. The average Bonchev–Trinajstić information content (AvgIpc) is 2.37. The summed E-state index contributed by atoms with van der Waals surface area (Å²) in [5, 5.41) is 13.5. The lowest BCUT2D eigenvalue weighted by Gasteiger charge is -2.14. The number of nitro groups is 1. The van der Waals surface area contributed by atoms with Gasteiger partial charge in [-0.05, 0) is 18.6 Å². The van der Waals surface area contributed by atoms with Crippen molar-refractivity contribution < 1.29 is 9.72 Å². The predicted octanol–water partition coefficient (Wildman–Crippen LogP) is 2.78. The van der Waals surface area contributed by atoms with Crippen LogP contribution in [0.1, 0.15) is 30.1 Å². The zero-order valence-electron chi connectivity index (χ0n) is 10.4. The Hall–Kier alpha value is -2.06. The Morgan fingerprint density at radius 2 is 2.32 bits per heavy atom. The Kier molecular flexibility index (Phi) is 5.34. The van der Waals surface area contributed by atoms with Crippen LogP contribution in [0.3, 0.4) is 0 Å². The molecular formula is C13H13ClN2O3. The number of terminal acetylenes is 1. The molecule has 1 aromatic rings. The highest BCUT2D eigenvalue weighted by Gasteiger charge is 2.24. The molecule has 0 bridgehead atoms. The van der Waals surface area contributed by atoms with Crippen LogP contribution in [0.2, 0.25) is 5.02 Å². The third-order valence-electron chi connectivity index (χ3n) is 2.61. The third-order valence-corrected chi connectivity index (χ3v) is 2.91. The highest BCUT2D eigenvalue weighted by molar-refractivity contribution is 6.33. The highest BCUT2D eigenvalue weighted by atomic mass is 35.5. The van der Waals surface area contributed by atoms with Crippen LogP contribution in [-0.4, -0.2) is 16.9 Å². The normalized spacial score (nSPS) is 11.4. The number of amides is 1. The van der Waals surface area contributed by atoms with E-state index in [-0.39, 0.29) is 16.6 Å². The van der Waals surface area contributed by atoms with Gasteiger partial charge >= 0.3 is 5.69 Å². The molecular weight excluding hydrogens is 268 g/mol. The van der Waals surface area contributed by atoms with E-state index in [2.05, 4.69) is 11.2 Å². The van der Waals surface area contributed by atoms with Gasteiger partial charge in [0.1, 0.15) is 10.6 Å². The van der Waals surface area contributed by atoms with Crippen molar-refractivity contribution in [1.82, 2.24) is 5.32 Å². The molecule has 1 unspecified atom stereocenters. The molecule has 0 aliphatic carbocycles. The second-order valence-corrected chi connectivity index (χ2v) is 4.29. The first kappa shape index (κ1) is 15.0. The average molecular weight is 281 g/mol. The number of benzene rings is 1. The Morgan fingerprint density at radius 3 is 2.84 bits per heavy atom. The lowest BCUT2D eigenvalue weighted by atomic mass is 10.1. The Balaban J connectivity index is 3.04. The molecule has 0 radical (unpaired) electrons. The van der Waals surface area contributed by atoms with Crippen LogP contribution < -0.4 is 5.32 Å². The summed E-state index contributed by atoms with van der Waals surface area (Å²) < 4.78 is 0. The van der Waals surface area contributed by atoms with Gasteiger partial charge < -0.3 is 5.32 Å². The summed E-state index contributed by atoms with van der Waals surface area (Å²) in [7, 11) is 0. The van der Waals surface area contributed by atoms with Gasteiger partial charge in [-0.3, -0.25) is 14.9 Å². The van der Waals surface area contributed by atoms with E-state index in [9.17, 15) is 14.9 Å². The molecule has 1 atom stereocenters. The van der Waals surface area contributed by atoms with E-state index in [4.69, 9.17) is 18.0 Å². The van der Waals surface area contributed by atoms with Crippen molar-refractivity contribution in [2.24, 2.45) is 0 Å². The highest BCUT2D eigenvalue weighted by Crippen LogP contribution is 2.28. The number of hydrogen-bond donors (Lipinski definition) is 1. The second-order valence-electron chi connectivity index (χ2n) is 3.88. The number of rotatable bonds is 5. The number of nitrogens with one attached hydrogen (secondary N) is 1. The smallest absolute Gasteiger partial charge is 0.300 e. The summed E-state index contributed by atoms with van der Waals surface area (Å²) >= 11 is 5.75. The van der Waals surface area contributed by atoms with Gasteiger partial charge in [0.15, 0.2) is 0 Å². The van der Waals surface area contributed by atoms with Crippen LogP contribution >= 0.6 is 11.6 Å². The molecule has 6 heteroatoms. The molecule has 0 spiro atoms. The van der Waals surface area contributed by atoms with E-state index in [1.54, 1.807) is 0 Å². The van der Waals surface area contributed by atoms with Crippen LogP contribution in [0.5, 0.6) is 0 Å². The van der Waals surface area contributed by atoms with Gasteiger partial charge in [-0.2, -0.15) is 0 Å². The fourth-order valence-electron chi connectivity index (χ4n) is 1.59. The molecule has 1 N–H and O–H groups in total. The fraction of sp³-hybridized carbons (Fsp3) is 0.308. The number of para-hydroxylation sites is 1. The summed E-state index contributed by atoms with van der Waals surface area (Å²) in [4.78, 5) is 22.3. The number of halogens is 1. The minimum absolute atomic E-state index is 0.0621. The van der Waals surface area contributed by atoms with Crippen LogP contribution in [-0.2, 0) is 0 Å². The zero-order chi connectivity index (χ0) is 14.4. The van der Waals surface area contributed by atoms with Crippen molar-refractivity contribution in [3.8, 4) is 12.3 Å². The molecule has 0 saturated heterocycles. The largest absolute Gasteiger partial charge is 0.348 e. The SMILES string of the molecule is C#CCC(CC)NC(=O)c1cccc(Cl)c1[N+](=O)[O-]. The Morgan fingerprint density at radius 1 is 1.63 bits per heavy atom. The molecule has 0 aromatic heterocycles. The monoisotopic (exact) mass is 280 g/mol. The van der Waals surface area contributed by atoms with E-state index < -0.39 is 16.5 Å². The quantitative estimate of drug-likeness (QED) is 0.512. The number of carbonyl (C=O) groups excluding carboxylic acids is 1. The van der Waals surface area contributed by atoms with Crippen molar-refractivity contribution in [3.63, 3.8) is 0 Å². The summed E-state index contributed by atoms with van der Waals surface area (Å²) in [6.07, 6.45) is 6.21. The van der Waals surface area contributed by atoms with Crippen molar-refractivity contribution in [2.45, 2.75) is 25.8 Å². The second kappa shape index (κ2) is 6.76. The van der Waals surface area contributed by atoms with E-state index >= 15 is 0 Å². The summed E-state index contributed by atoms with van der Waals surface area (Å²) in [6, 6.07) is 4.01. The molecule has 0 aliphatic rings. The summed E-state index contributed by atoms with van der Waals surface area (Å²) in [5.41, 5.74) is -0.454. The molecule has 0 heterocycles. The van der Waals surface area contributed by atoms with Crippen LogP contribution in [0, 0.1) is 22.5 Å². The number of carbonyl (C=O) groups is 1. The van der Waals surface area contributed by atoms with E-state index in [0.29, 0.717) is 12.8 Å². The number of nitrogens with zero attached hydrogens (tertiary/aromatic N) is 1. The van der Waals surface area contributed by atoms with Gasteiger partial charge in [0.25, 0.3) is 5.91 Å². The van der Waals surface area contributed by atoms with E-state index in [0.717, 1.165) is 0 Å². The predicted molar refractivity (Wildman–Crippen MR) is 73.1 cm³/mol. The van der Waals surface area contributed by atoms with Crippen molar-refractivity contribution in [2.75, 3.05) is 0 Å². The zero-order valence-corrected chi connectivity index (χ0v) is 11.1. The van der Waals surface area contributed by atoms with Gasteiger partial charge in [0, 0.05) is 12.5 Å². The summed E-state index contributed by atoms with van der Waals surface area (Å²) in [5.74, 6) is 1.90. The van der Waals surface area contributed by atoms with Crippen LogP contribution in [0.15, 0.2) is 18.2 Å². The first-order valence-corrected chi connectivity index (χ1v) is 6.06. The van der Waals surface area contributed by atoms with Crippen LogP contribution in [0.25, 0.3) is 0 Å². The lowest BCUT2D eigenvalue weighted by Crippen LogP contribution is -2.34. The van der Waals surface area contributed by atoms with Gasteiger partial charge in [0.2, 0.25) is 0 Å². The molecule has 100 valence electrons. The Bertz CT molecular complexity index is 537. The molecule has 0 aliphatic heterocycles. The molecule has 5 nitrogen and oxygen atoms in total. The van der Waals surface area contributed by atoms with Gasteiger partial charge in [-0.1, -0.05) is 24.6 Å². The van der Waals surface area contributed by atoms with E-state index in [1.165, 1.54) is 18.2 Å². The van der Waals surface area contributed by atoms with Gasteiger partial charge in [-0.15, -0.1) is 12.3 Å². The molecule has 1 aromatic carbocycles. The van der Waals surface area contributed by atoms with Crippen molar-refractivity contribution in [1.29, 1.82) is 0 Å². The molecule has 0 saturated carbocycles. The molecule has 0 fully saturated rings. The van der Waals surface area contributed by atoms with Gasteiger partial charge in [0.05, 0.1) is 4.92 Å². The maximum atomic E-state index is 12.0. The maximum Gasteiger partial charge on any atom is 0.300 e. The van der Waals surface area contributed by atoms with Gasteiger partial charge in [-0.25, -0.2) is 0 Å². The lowest BCUT2D eigenvalue weighted by molar-refractivity contribution is -0.385. The minimum Gasteiger partial charge on any atom is -0.348 e. The van der Waals surface area contributed by atoms with E-state index in [1.807, 2.05) is 6.92 Å². The first-order valence-electron chi connectivity index (χ1n) is 5.68. The topological polar surface area (TPSA) is 72.2 Å². The molecule has 19 heavy (non-hydrogen) atoms. The van der Waals surface area contributed by atoms with Crippen molar-refractivity contribution >= 4 is 23.2 Å². The standard InChI is InChI=1S/C13H13ClN2O3/c1-3-6-9(4-2)15-13(17)10-7-5-8-11(14)12(10)16(18)19/h1,5,7-9H,4,6H2,2H3,(H,15,17). The van der Waals surface area contributed by atoms with Crippen molar-refractivity contribution in [3.05, 3.63) is 38.9 Å². The van der Waals surface area contributed by atoms with Crippen LogP contribution in [0.4, 0.5) is 5.69 Å². The summed E-state index contributed by atoms with van der Waals surface area (Å²) in [6.45, 7) is 1.87. The molecule has 1 amide bonds. The fourth-order valence-corrected chi connectivity index (χ4v) is 1.83. The third kappa shape index (κ3) is 3.70. The Labute approximate surface area is 116 Å². The minimum atomic E-state index is -0.667. The molecule has 1 rings (SSSR count). The maximum absolute atomic E-state index is 12.0.